The van der Waals surface area contributed by atoms with Crippen LogP contribution >= 0.6 is 0 Å². The lowest BCUT2D eigenvalue weighted by atomic mass is 10.0. The Balaban J connectivity index is 2.09. The third-order valence-electron chi connectivity index (χ3n) is 3.02. The number of epoxide rings is 1. The fraction of sp³-hybridized carbons (Fsp3) is 0.500. The van der Waals surface area contributed by atoms with E-state index in [4.69, 9.17) is 18.9 Å². The molecule has 2 heterocycles. The number of ether oxygens (including phenoxy) is 4. The molecule has 0 aliphatic carbocycles. The molecular weight excluding hydrogens is 208 g/mol. The van der Waals surface area contributed by atoms with Gasteiger partial charge in [0.25, 0.3) is 0 Å². The minimum Gasteiger partial charge on any atom is -0.493 e. The molecular formula is C12H14O4. The van der Waals surface area contributed by atoms with Crippen LogP contribution in [0.2, 0.25) is 0 Å². The average Bonchev–Trinajstić information content (AvgIpc) is 3.07. The molecule has 2 aliphatic heterocycles. The Labute approximate surface area is 94.1 Å². The maximum Gasteiger partial charge on any atom is 0.203 e. The molecule has 4 heteroatoms. The van der Waals surface area contributed by atoms with Crippen LogP contribution in [-0.2, 0) is 10.3 Å². The first-order valence-electron chi connectivity index (χ1n) is 5.35. The normalized spacial score (nSPS) is 26.4. The molecule has 0 amide bonds. The summed E-state index contributed by atoms with van der Waals surface area (Å²) in [5, 5.41) is 0. The molecule has 3 rings (SSSR count). The third-order valence-corrected chi connectivity index (χ3v) is 3.02. The molecule has 0 bridgehead atoms. The SMILES string of the molecule is COc1cc(C2(C)CO2)cc2c1OCCO2. The Morgan fingerprint density at radius 1 is 1.25 bits per heavy atom. The second-order valence-corrected chi connectivity index (χ2v) is 4.22. The van der Waals surface area contributed by atoms with Crippen LogP contribution in [0.1, 0.15) is 12.5 Å². The van der Waals surface area contributed by atoms with Crippen molar-refractivity contribution in [3.05, 3.63) is 17.7 Å². The summed E-state index contributed by atoms with van der Waals surface area (Å²) in [7, 11) is 1.63. The second-order valence-electron chi connectivity index (χ2n) is 4.22. The van der Waals surface area contributed by atoms with Gasteiger partial charge in [0, 0.05) is 0 Å². The van der Waals surface area contributed by atoms with Gasteiger partial charge in [0.15, 0.2) is 11.5 Å². The summed E-state index contributed by atoms with van der Waals surface area (Å²) < 4.78 is 21.8. The van der Waals surface area contributed by atoms with Gasteiger partial charge in [-0.2, -0.15) is 0 Å². The van der Waals surface area contributed by atoms with Crippen molar-refractivity contribution in [1.29, 1.82) is 0 Å². The Hall–Kier alpha value is -1.42. The molecule has 1 atom stereocenters. The monoisotopic (exact) mass is 222 g/mol. The fourth-order valence-electron chi connectivity index (χ4n) is 1.85. The van der Waals surface area contributed by atoms with E-state index in [0.717, 1.165) is 17.9 Å². The first-order valence-corrected chi connectivity index (χ1v) is 5.35. The number of fused-ring (bicyclic) bond motifs is 1. The van der Waals surface area contributed by atoms with Gasteiger partial charge in [-0.05, 0) is 24.6 Å². The zero-order chi connectivity index (χ0) is 11.2. The smallest absolute Gasteiger partial charge is 0.203 e. The second kappa shape index (κ2) is 3.28. The van der Waals surface area contributed by atoms with Crippen molar-refractivity contribution in [2.45, 2.75) is 12.5 Å². The first kappa shape index (κ1) is 9.78. The number of hydrogen-bond acceptors (Lipinski definition) is 4. The van der Waals surface area contributed by atoms with Crippen LogP contribution in [0.3, 0.4) is 0 Å². The number of methoxy groups -OCH3 is 1. The van der Waals surface area contributed by atoms with Crippen molar-refractivity contribution >= 4 is 0 Å². The van der Waals surface area contributed by atoms with Crippen LogP contribution < -0.4 is 14.2 Å². The lowest BCUT2D eigenvalue weighted by molar-refractivity contribution is 0.164. The van der Waals surface area contributed by atoms with Gasteiger partial charge >= 0.3 is 0 Å². The maximum absolute atomic E-state index is 5.57. The highest BCUT2D eigenvalue weighted by molar-refractivity contribution is 5.56. The summed E-state index contributed by atoms with van der Waals surface area (Å²) in [4.78, 5) is 0. The van der Waals surface area contributed by atoms with Crippen molar-refractivity contribution in [3.8, 4) is 17.2 Å². The summed E-state index contributed by atoms with van der Waals surface area (Å²) in [6, 6.07) is 3.94. The number of hydrogen-bond donors (Lipinski definition) is 0. The minimum absolute atomic E-state index is 0.177. The van der Waals surface area contributed by atoms with Gasteiger partial charge in [0.05, 0.1) is 13.7 Å². The predicted octanol–water partition coefficient (Wildman–Crippen LogP) is 1.71. The summed E-state index contributed by atoms with van der Waals surface area (Å²) >= 11 is 0. The molecule has 0 aromatic heterocycles. The molecule has 1 saturated heterocycles. The summed E-state index contributed by atoms with van der Waals surface area (Å²) in [6.45, 7) is 3.95. The highest BCUT2D eigenvalue weighted by Gasteiger charge is 2.42. The van der Waals surface area contributed by atoms with Gasteiger partial charge in [0.2, 0.25) is 5.75 Å². The van der Waals surface area contributed by atoms with Crippen molar-refractivity contribution in [2.75, 3.05) is 26.9 Å². The van der Waals surface area contributed by atoms with Crippen LogP contribution in [-0.4, -0.2) is 26.9 Å². The lowest BCUT2D eigenvalue weighted by Crippen LogP contribution is -2.17. The largest absolute Gasteiger partial charge is 0.493 e. The average molecular weight is 222 g/mol. The molecule has 2 aliphatic rings. The molecule has 1 fully saturated rings. The molecule has 1 aromatic carbocycles. The lowest BCUT2D eigenvalue weighted by Gasteiger charge is -2.22. The molecule has 16 heavy (non-hydrogen) atoms. The molecule has 1 unspecified atom stereocenters. The zero-order valence-electron chi connectivity index (χ0n) is 9.41. The Bertz CT molecular complexity index is 406. The standard InChI is InChI=1S/C12H14O4/c1-12(7-16-12)8-5-9(13-2)11-10(6-8)14-3-4-15-11/h5-6H,3-4,7H2,1-2H3. The fourth-order valence-corrected chi connectivity index (χ4v) is 1.85. The molecule has 1 aromatic rings. The Morgan fingerprint density at radius 2 is 2.00 bits per heavy atom. The van der Waals surface area contributed by atoms with Crippen LogP contribution in [0.4, 0.5) is 0 Å². The highest BCUT2D eigenvalue weighted by atomic mass is 16.6. The summed E-state index contributed by atoms with van der Waals surface area (Å²) in [5.74, 6) is 2.16. The Morgan fingerprint density at radius 3 is 2.69 bits per heavy atom. The quantitative estimate of drug-likeness (QED) is 0.714. The van der Waals surface area contributed by atoms with E-state index in [2.05, 4.69) is 6.92 Å². The van der Waals surface area contributed by atoms with Crippen molar-refractivity contribution in [3.63, 3.8) is 0 Å². The van der Waals surface area contributed by atoms with Gasteiger partial charge in [-0.3, -0.25) is 0 Å². The van der Waals surface area contributed by atoms with Crippen LogP contribution in [0, 0.1) is 0 Å². The summed E-state index contributed by atoms with van der Waals surface area (Å²) in [6.07, 6.45) is 0. The van der Waals surface area contributed by atoms with E-state index in [1.54, 1.807) is 7.11 Å². The van der Waals surface area contributed by atoms with E-state index >= 15 is 0 Å². The molecule has 0 spiro atoms. The molecule has 0 radical (unpaired) electrons. The van der Waals surface area contributed by atoms with E-state index in [-0.39, 0.29) is 5.60 Å². The van der Waals surface area contributed by atoms with Crippen LogP contribution in [0.15, 0.2) is 12.1 Å². The van der Waals surface area contributed by atoms with E-state index in [1.165, 1.54) is 0 Å². The van der Waals surface area contributed by atoms with Gasteiger partial charge in [-0.25, -0.2) is 0 Å². The van der Waals surface area contributed by atoms with Crippen molar-refractivity contribution < 1.29 is 18.9 Å². The van der Waals surface area contributed by atoms with Crippen LogP contribution in [0.25, 0.3) is 0 Å². The number of rotatable bonds is 2. The van der Waals surface area contributed by atoms with Crippen molar-refractivity contribution in [1.82, 2.24) is 0 Å². The predicted molar refractivity (Wildman–Crippen MR) is 57.3 cm³/mol. The van der Waals surface area contributed by atoms with E-state index in [9.17, 15) is 0 Å². The highest BCUT2D eigenvalue weighted by Crippen LogP contribution is 2.46. The molecule has 4 nitrogen and oxygen atoms in total. The molecule has 0 N–H and O–H groups in total. The summed E-state index contributed by atoms with van der Waals surface area (Å²) in [5.41, 5.74) is 0.900. The third kappa shape index (κ3) is 1.41. The van der Waals surface area contributed by atoms with Gasteiger partial charge in [0.1, 0.15) is 18.8 Å². The first-order chi connectivity index (χ1) is 7.73. The Kier molecular flexibility index (Phi) is 2.01. The van der Waals surface area contributed by atoms with E-state index in [1.807, 2.05) is 12.1 Å². The van der Waals surface area contributed by atoms with Gasteiger partial charge < -0.3 is 18.9 Å². The zero-order valence-corrected chi connectivity index (χ0v) is 9.41. The van der Waals surface area contributed by atoms with Crippen molar-refractivity contribution in [2.24, 2.45) is 0 Å². The molecule has 86 valence electrons. The topological polar surface area (TPSA) is 40.2 Å². The maximum atomic E-state index is 5.57. The van der Waals surface area contributed by atoms with E-state index < -0.39 is 0 Å². The molecule has 0 saturated carbocycles. The van der Waals surface area contributed by atoms with E-state index in [0.29, 0.717) is 24.7 Å². The van der Waals surface area contributed by atoms with Gasteiger partial charge in [-0.1, -0.05) is 0 Å². The van der Waals surface area contributed by atoms with Gasteiger partial charge in [-0.15, -0.1) is 0 Å². The minimum atomic E-state index is -0.177. The number of benzene rings is 1. The van der Waals surface area contributed by atoms with Crippen LogP contribution in [0.5, 0.6) is 17.2 Å².